The number of hydrogen-bond donors (Lipinski definition) is 1. The first kappa shape index (κ1) is 21.7. The summed E-state index contributed by atoms with van der Waals surface area (Å²) in [6.45, 7) is 1.55. The van der Waals surface area contributed by atoms with E-state index >= 15 is 0 Å². The van der Waals surface area contributed by atoms with Crippen LogP contribution in [0.1, 0.15) is 16.7 Å². The number of hydrogen-bond acceptors (Lipinski definition) is 5. The van der Waals surface area contributed by atoms with Gasteiger partial charge in [0.15, 0.2) is 6.29 Å². The molecule has 5 nitrogen and oxygen atoms in total. The predicted octanol–water partition coefficient (Wildman–Crippen LogP) is 4.09. The molecule has 0 amide bonds. The number of rotatable bonds is 10. The van der Waals surface area contributed by atoms with Gasteiger partial charge in [-0.1, -0.05) is 91.0 Å². The zero-order valence-electron chi connectivity index (χ0n) is 17.4. The van der Waals surface area contributed by atoms with Gasteiger partial charge in [-0.3, -0.25) is 0 Å². The smallest absolute Gasteiger partial charge is 0.184 e. The first-order valence-corrected chi connectivity index (χ1v) is 10.6. The normalized spacial score (nSPS) is 23.1. The van der Waals surface area contributed by atoms with E-state index in [0.717, 1.165) is 16.7 Å². The molecule has 1 N–H and O–H groups in total. The van der Waals surface area contributed by atoms with Crippen molar-refractivity contribution in [1.29, 1.82) is 0 Å². The molecule has 5 heteroatoms. The number of aliphatic hydroxyl groups is 1. The fourth-order valence-electron chi connectivity index (χ4n) is 3.62. The van der Waals surface area contributed by atoms with Crippen LogP contribution in [0.4, 0.5) is 0 Å². The van der Waals surface area contributed by atoms with Crippen molar-refractivity contribution in [3.63, 3.8) is 0 Å². The molecule has 0 radical (unpaired) electrons. The maximum atomic E-state index is 10.5. The summed E-state index contributed by atoms with van der Waals surface area (Å²) in [5, 5.41) is 10.5. The number of aliphatic hydroxyl groups excluding tert-OH is 1. The summed E-state index contributed by atoms with van der Waals surface area (Å²) in [6.07, 6.45) is -2.55. The summed E-state index contributed by atoms with van der Waals surface area (Å²) in [6, 6.07) is 29.8. The van der Waals surface area contributed by atoms with Gasteiger partial charge in [-0.05, 0) is 16.7 Å². The van der Waals surface area contributed by atoms with Crippen LogP contribution in [0.15, 0.2) is 91.0 Å². The average molecular weight is 421 g/mol. The topological polar surface area (TPSA) is 57.2 Å². The van der Waals surface area contributed by atoms with E-state index in [9.17, 15) is 5.11 Å². The molecule has 3 aromatic rings. The lowest BCUT2D eigenvalue weighted by atomic mass is 10.1. The fourth-order valence-corrected chi connectivity index (χ4v) is 3.62. The molecule has 0 saturated carbocycles. The Morgan fingerprint density at radius 3 is 1.58 bits per heavy atom. The lowest BCUT2D eigenvalue weighted by molar-refractivity contribution is -0.153. The van der Waals surface area contributed by atoms with E-state index in [1.54, 1.807) is 0 Å². The van der Waals surface area contributed by atoms with Crippen molar-refractivity contribution in [2.75, 3.05) is 6.61 Å². The van der Waals surface area contributed by atoms with Crippen LogP contribution in [0.25, 0.3) is 0 Å². The highest BCUT2D eigenvalue weighted by Crippen LogP contribution is 2.28. The molecule has 4 atom stereocenters. The lowest BCUT2D eigenvalue weighted by Gasteiger charge is -2.24. The lowest BCUT2D eigenvalue weighted by Crippen LogP contribution is -2.39. The van der Waals surface area contributed by atoms with E-state index in [4.69, 9.17) is 18.9 Å². The van der Waals surface area contributed by atoms with Crippen molar-refractivity contribution in [3.8, 4) is 0 Å². The van der Waals surface area contributed by atoms with Gasteiger partial charge >= 0.3 is 0 Å². The molecule has 1 saturated heterocycles. The molecule has 3 aromatic carbocycles. The van der Waals surface area contributed by atoms with Gasteiger partial charge in [-0.2, -0.15) is 0 Å². The Labute approximate surface area is 183 Å². The van der Waals surface area contributed by atoms with Gasteiger partial charge in [0.2, 0.25) is 0 Å². The van der Waals surface area contributed by atoms with Crippen molar-refractivity contribution in [3.05, 3.63) is 108 Å². The molecule has 0 spiro atoms. The molecule has 0 aliphatic carbocycles. The van der Waals surface area contributed by atoms with E-state index in [2.05, 4.69) is 0 Å². The van der Waals surface area contributed by atoms with Crippen LogP contribution in [0, 0.1) is 0 Å². The summed E-state index contributed by atoms with van der Waals surface area (Å²) < 4.78 is 23.9. The minimum atomic E-state index is -1.07. The first-order chi connectivity index (χ1) is 15.3. The minimum Gasteiger partial charge on any atom is -0.374 e. The van der Waals surface area contributed by atoms with Crippen LogP contribution in [0.5, 0.6) is 0 Å². The molecule has 1 aliphatic heterocycles. The Kier molecular flexibility index (Phi) is 7.82. The predicted molar refractivity (Wildman–Crippen MR) is 117 cm³/mol. The molecule has 1 fully saturated rings. The Bertz CT molecular complexity index is 887. The van der Waals surface area contributed by atoms with E-state index in [1.807, 2.05) is 91.0 Å². The Balaban J connectivity index is 1.39. The van der Waals surface area contributed by atoms with Gasteiger partial charge in [0.1, 0.15) is 18.3 Å². The summed E-state index contributed by atoms with van der Waals surface area (Å²) >= 11 is 0. The highest BCUT2D eigenvalue weighted by Gasteiger charge is 2.45. The third-order valence-corrected chi connectivity index (χ3v) is 5.25. The van der Waals surface area contributed by atoms with Crippen LogP contribution < -0.4 is 0 Å². The van der Waals surface area contributed by atoms with Gasteiger partial charge in [-0.15, -0.1) is 0 Å². The second-order valence-electron chi connectivity index (χ2n) is 7.59. The molecule has 0 bridgehead atoms. The zero-order valence-corrected chi connectivity index (χ0v) is 17.4. The third kappa shape index (κ3) is 6.23. The van der Waals surface area contributed by atoms with Crippen molar-refractivity contribution in [2.24, 2.45) is 0 Å². The zero-order chi connectivity index (χ0) is 21.3. The SMILES string of the molecule is O[C@H]1O[C@H](COCc2ccccc2)[C@@H](OCc2ccccc2)C1OCc1ccccc1. The van der Waals surface area contributed by atoms with Crippen LogP contribution in [0.3, 0.4) is 0 Å². The third-order valence-electron chi connectivity index (χ3n) is 5.25. The molecule has 0 aromatic heterocycles. The summed E-state index contributed by atoms with van der Waals surface area (Å²) in [4.78, 5) is 0. The molecule has 1 aliphatic rings. The van der Waals surface area contributed by atoms with Crippen molar-refractivity contribution >= 4 is 0 Å². The van der Waals surface area contributed by atoms with Crippen LogP contribution >= 0.6 is 0 Å². The van der Waals surface area contributed by atoms with Crippen molar-refractivity contribution in [2.45, 2.75) is 44.4 Å². The molecular weight excluding hydrogens is 392 g/mol. The van der Waals surface area contributed by atoms with E-state index < -0.39 is 24.6 Å². The second kappa shape index (κ2) is 11.2. The van der Waals surface area contributed by atoms with Crippen LogP contribution in [0.2, 0.25) is 0 Å². The largest absolute Gasteiger partial charge is 0.374 e. The Morgan fingerprint density at radius 2 is 1.06 bits per heavy atom. The maximum Gasteiger partial charge on any atom is 0.184 e. The molecule has 1 heterocycles. The van der Waals surface area contributed by atoms with Crippen molar-refractivity contribution < 1.29 is 24.1 Å². The number of ether oxygens (including phenoxy) is 4. The number of benzene rings is 3. The molecule has 162 valence electrons. The quantitative estimate of drug-likeness (QED) is 0.535. The van der Waals surface area contributed by atoms with Gasteiger partial charge in [-0.25, -0.2) is 0 Å². The minimum absolute atomic E-state index is 0.302. The highest BCUT2D eigenvalue weighted by atomic mass is 16.7. The van der Waals surface area contributed by atoms with Gasteiger partial charge in [0.05, 0.1) is 26.4 Å². The monoisotopic (exact) mass is 420 g/mol. The van der Waals surface area contributed by atoms with E-state index in [1.165, 1.54) is 0 Å². The standard InChI is InChI=1S/C26H28O5/c27-26-25(30-18-22-14-8-3-9-15-22)24(29-17-21-12-6-2-7-13-21)23(31-26)19-28-16-20-10-4-1-5-11-20/h1-15,23-27H,16-19H2/t23-,24-,25?,26+/m1/s1. The highest BCUT2D eigenvalue weighted by molar-refractivity contribution is 5.15. The molecule has 31 heavy (non-hydrogen) atoms. The summed E-state index contributed by atoms with van der Waals surface area (Å²) in [7, 11) is 0. The first-order valence-electron chi connectivity index (χ1n) is 10.6. The van der Waals surface area contributed by atoms with Gasteiger partial charge in [0.25, 0.3) is 0 Å². The molecule has 4 rings (SSSR count). The van der Waals surface area contributed by atoms with Gasteiger partial charge < -0.3 is 24.1 Å². The fraction of sp³-hybridized carbons (Fsp3) is 0.308. The van der Waals surface area contributed by atoms with Gasteiger partial charge in [0, 0.05) is 0 Å². The molecule has 1 unspecified atom stereocenters. The Hall–Kier alpha value is -2.54. The van der Waals surface area contributed by atoms with E-state index in [-0.39, 0.29) is 0 Å². The Morgan fingerprint density at radius 1 is 0.613 bits per heavy atom. The van der Waals surface area contributed by atoms with Crippen LogP contribution in [-0.2, 0) is 38.8 Å². The van der Waals surface area contributed by atoms with E-state index in [0.29, 0.717) is 26.4 Å². The second-order valence-corrected chi connectivity index (χ2v) is 7.59. The molecular formula is C26H28O5. The van der Waals surface area contributed by atoms with Crippen LogP contribution in [-0.4, -0.2) is 36.3 Å². The maximum absolute atomic E-state index is 10.5. The summed E-state index contributed by atoms with van der Waals surface area (Å²) in [5.41, 5.74) is 3.16. The average Bonchev–Trinajstić information content (AvgIpc) is 3.12. The summed E-state index contributed by atoms with van der Waals surface area (Å²) in [5.74, 6) is 0. The van der Waals surface area contributed by atoms with Crippen molar-refractivity contribution in [1.82, 2.24) is 0 Å².